The van der Waals surface area contributed by atoms with E-state index in [0.29, 0.717) is 11.0 Å². The highest BCUT2D eigenvalue weighted by atomic mass is 35.5. The minimum atomic E-state index is 0.558. The summed E-state index contributed by atoms with van der Waals surface area (Å²) in [5.74, 6) is 1.40. The lowest BCUT2D eigenvalue weighted by Gasteiger charge is -2.17. The number of aromatic nitrogens is 3. The van der Waals surface area contributed by atoms with E-state index < -0.39 is 0 Å². The first kappa shape index (κ1) is 13.5. The SMILES string of the molecule is Clc1cccc(Nc2ncc3c(n2)-c2cccnc2SC3)c1. The summed E-state index contributed by atoms with van der Waals surface area (Å²) in [5, 5.41) is 4.88. The number of rotatable bonds is 2. The maximum atomic E-state index is 6.00. The standard InChI is InChI=1S/C16H11ClN4S/c17-11-3-1-4-12(7-11)20-16-19-8-10-9-22-15-13(14(10)21-16)5-2-6-18-15/h1-8H,9H2,(H,19,20,21). The minimum absolute atomic E-state index is 0.558. The Balaban J connectivity index is 1.73. The van der Waals surface area contributed by atoms with Crippen LogP contribution in [0.1, 0.15) is 5.56 Å². The third kappa shape index (κ3) is 2.53. The lowest BCUT2D eigenvalue weighted by Crippen LogP contribution is -2.05. The van der Waals surface area contributed by atoms with Gasteiger partial charge in [-0.15, -0.1) is 11.8 Å². The smallest absolute Gasteiger partial charge is 0.227 e. The van der Waals surface area contributed by atoms with Gasteiger partial charge in [-0.25, -0.2) is 15.0 Å². The highest BCUT2D eigenvalue weighted by Gasteiger charge is 2.19. The number of hydrogen-bond acceptors (Lipinski definition) is 5. The Morgan fingerprint density at radius 1 is 1.14 bits per heavy atom. The van der Waals surface area contributed by atoms with E-state index in [1.165, 1.54) is 0 Å². The molecule has 0 fully saturated rings. The van der Waals surface area contributed by atoms with Gasteiger partial charge in [0.1, 0.15) is 5.03 Å². The summed E-state index contributed by atoms with van der Waals surface area (Å²) >= 11 is 7.72. The zero-order valence-electron chi connectivity index (χ0n) is 11.5. The van der Waals surface area contributed by atoms with Crippen molar-refractivity contribution in [2.24, 2.45) is 0 Å². The van der Waals surface area contributed by atoms with E-state index >= 15 is 0 Å². The van der Waals surface area contributed by atoms with Gasteiger partial charge in [0.15, 0.2) is 0 Å². The summed E-state index contributed by atoms with van der Waals surface area (Å²) in [7, 11) is 0. The van der Waals surface area contributed by atoms with E-state index in [0.717, 1.165) is 33.3 Å². The quantitative estimate of drug-likeness (QED) is 0.749. The van der Waals surface area contributed by atoms with Gasteiger partial charge in [-0.05, 0) is 30.3 Å². The molecule has 4 nitrogen and oxygen atoms in total. The van der Waals surface area contributed by atoms with Crippen molar-refractivity contribution >= 4 is 35.0 Å². The van der Waals surface area contributed by atoms with Crippen molar-refractivity contribution in [1.29, 1.82) is 0 Å². The van der Waals surface area contributed by atoms with Crippen molar-refractivity contribution in [3.63, 3.8) is 0 Å². The van der Waals surface area contributed by atoms with E-state index in [9.17, 15) is 0 Å². The fourth-order valence-electron chi connectivity index (χ4n) is 2.33. The van der Waals surface area contributed by atoms with Gasteiger partial charge in [0.2, 0.25) is 5.95 Å². The van der Waals surface area contributed by atoms with Crippen LogP contribution in [0, 0.1) is 0 Å². The number of pyridine rings is 1. The van der Waals surface area contributed by atoms with Gasteiger partial charge < -0.3 is 5.32 Å². The van der Waals surface area contributed by atoms with Crippen LogP contribution in [-0.4, -0.2) is 15.0 Å². The first-order chi connectivity index (χ1) is 10.8. The summed E-state index contributed by atoms with van der Waals surface area (Å²) in [6.45, 7) is 0. The van der Waals surface area contributed by atoms with E-state index in [4.69, 9.17) is 11.6 Å². The highest BCUT2D eigenvalue weighted by Crippen LogP contribution is 2.38. The molecule has 1 aliphatic rings. The number of hydrogen-bond donors (Lipinski definition) is 1. The van der Waals surface area contributed by atoms with Crippen molar-refractivity contribution in [2.75, 3.05) is 5.32 Å². The van der Waals surface area contributed by atoms with E-state index in [1.807, 2.05) is 48.8 Å². The van der Waals surface area contributed by atoms with E-state index in [2.05, 4.69) is 20.3 Å². The van der Waals surface area contributed by atoms with E-state index in [-0.39, 0.29) is 0 Å². The van der Waals surface area contributed by atoms with Crippen molar-refractivity contribution in [2.45, 2.75) is 10.8 Å². The predicted octanol–water partition coefficient (Wildman–Crippen LogP) is 4.54. The normalized spacial score (nSPS) is 12.4. The average molecular weight is 327 g/mol. The summed E-state index contributed by atoms with van der Waals surface area (Å²) in [6.07, 6.45) is 3.68. The molecule has 0 bridgehead atoms. The van der Waals surface area contributed by atoms with Crippen molar-refractivity contribution in [3.8, 4) is 11.3 Å². The van der Waals surface area contributed by atoms with Crippen LogP contribution in [0.5, 0.6) is 0 Å². The summed E-state index contributed by atoms with van der Waals surface area (Å²) < 4.78 is 0. The molecule has 1 N–H and O–H groups in total. The Morgan fingerprint density at radius 3 is 3.00 bits per heavy atom. The Hall–Kier alpha value is -2.11. The second kappa shape index (κ2) is 5.59. The molecule has 6 heteroatoms. The first-order valence-corrected chi connectivity index (χ1v) is 8.13. The number of benzene rings is 1. The molecule has 0 saturated carbocycles. The molecule has 0 unspecified atom stereocenters. The molecule has 0 spiro atoms. The Kier molecular flexibility index (Phi) is 3.44. The third-order valence-electron chi connectivity index (χ3n) is 3.34. The lowest BCUT2D eigenvalue weighted by atomic mass is 10.1. The number of nitrogens with one attached hydrogen (secondary N) is 1. The Labute approximate surface area is 137 Å². The Morgan fingerprint density at radius 2 is 2.09 bits per heavy atom. The second-order valence-electron chi connectivity index (χ2n) is 4.85. The van der Waals surface area contributed by atoms with Gasteiger partial charge in [0.05, 0.1) is 5.69 Å². The largest absolute Gasteiger partial charge is 0.324 e. The molecular formula is C16H11ClN4S. The van der Waals surface area contributed by atoms with Gasteiger partial charge in [0, 0.05) is 40.0 Å². The fraction of sp³-hybridized carbons (Fsp3) is 0.0625. The summed E-state index contributed by atoms with van der Waals surface area (Å²) in [5.41, 5.74) is 4.00. The van der Waals surface area contributed by atoms with Crippen molar-refractivity contribution < 1.29 is 0 Å². The van der Waals surface area contributed by atoms with Crippen LogP contribution in [0.15, 0.2) is 53.8 Å². The van der Waals surface area contributed by atoms with Crippen molar-refractivity contribution in [3.05, 3.63) is 59.4 Å². The number of anilines is 2. The molecule has 0 radical (unpaired) electrons. The summed E-state index contributed by atoms with van der Waals surface area (Å²) in [4.78, 5) is 13.5. The van der Waals surface area contributed by atoms with Gasteiger partial charge in [-0.2, -0.15) is 0 Å². The number of fused-ring (bicyclic) bond motifs is 3. The lowest BCUT2D eigenvalue weighted by molar-refractivity contribution is 1.06. The molecule has 1 aromatic carbocycles. The van der Waals surface area contributed by atoms with Gasteiger partial charge in [0.25, 0.3) is 0 Å². The van der Waals surface area contributed by atoms with Crippen LogP contribution in [0.4, 0.5) is 11.6 Å². The summed E-state index contributed by atoms with van der Waals surface area (Å²) in [6, 6.07) is 11.5. The number of nitrogens with zero attached hydrogens (tertiary/aromatic N) is 3. The van der Waals surface area contributed by atoms with Crippen LogP contribution in [0.3, 0.4) is 0 Å². The van der Waals surface area contributed by atoms with Crippen LogP contribution < -0.4 is 5.32 Å². The number of halogens is 1. The Bertz CT molecular complexity index is 853. The van der Waals surface area contributed by atoms with Gasteiger partial charge in [-0.3, -0.25) is 0 Å². The van der Waals surface area contributed by atoms with Crippen LogP contribution in [0.2, 0.25) is 5.02 Å². The van der Waals surface area contributed by atoms with Crippen molar-refractivity contribution in [1.82, 2.24) is 15.0 Å². The molecule has 3 heterocycles. The molecule has 22 heavy (non-hydrogen) atoms. The zero-order valence-corrected chi connectivity index (χ0v) is 13.0. The molecule has 4 rings (SSSR count). The molecule has 0 atom stereocenters. The fourth-order valence-corrected chi connectivity index (χ4v) is 3.48. The average Bonchev–Trinajstić information content (AvgIpc) is 2.55. The monoisotopic (exact) mass is 326 g/mol. The molecular weight excluding hydrogens is 316 g/mol. The second-order valence-corrected chi connectivity index (χ2v) is 6.25. The van der Waals surface area contributed by atoms with Gasteiger partial charge >= 0.3 is 0 Å². The minimum Gasteiger partial charge on any atom is -0.324 e. The molecule has 0 saturated heterocycles. The van der Waals surface area contributed by atoms with Crippen LogP contribution in [0.25, 0.3) is 11.3 Å². The molecule has 0 amide bonds. The molecule has 2 aromatic heterocycles. The molecule has 1 aliphatic heterocycles. The van der Waals surface area contributed by atoms with Crippen LogP contribution in [-0.2, 0) is 5.75 Å². The first-order valence-electron chi connectivity index (χ1n) is 6.76. The maximum absolute atomic E-state index is 6.00. The molecule has 108 valence electrons. The molecule has 3 aromatic rings. The molecule has 0 aliphatic carbocycles. The number of thioether (sulfide) groups is 1. The maximum Gasteiger partial charge on any atom is 0.227 e. The third-order valence-corrected chi connectivity index (χ3v) is 4.63. The highest BCUT2D eigenvalue weighted by molar-refractivity contribution is 7.98. The predicted molar refractivity (Wildman–Crippen MR) is 89.6 cm³/mol. The van der Waals surface area contributed by atoms with Crippen LogP contribution >= 0.6 is 23.4 Å². The van der Waals surface area contributed by atoms with E-state index in [1.54, 1.807) is 11.8 Å². The van der Waals surface area contributed by atoms with Gasteiger partial charge in [-0.1, -0.05) is 17.7 Å². The zero-order chi connectivity index (χ0) is 14.9. The topological polar surface area (TPSA) is 50.7 Å².